The summed E-state index contributed by atoms with van der Waals surface area (Å²) in [6.45, 7) is 3.73. The number of rotatable bonds is 3. The van der Waals surface area contributed by atoms with Crippen molar-refractivity contribution in [1.29, 1.82) is 0 Å². The van der Waals surface area contributed by atoms with Crippen molar-refractivity contribution in [3.8, 4) is 0 Å². The van der Waals surface area contributed by atoms with Crippen LogP contribution in [0.15, 0.2) is 48.7 Å². The number of carbonyl (C=O) groups is 3. The largest absolute Gasteiger partial charge is 0.326 e. The molecule has 1 unspecified atom stereocenters. The van der Waals surface area contributed by atoms with E-state index in [1.807, 2.05) is 48.5 Å². The predicted molar refractivity (Wildman–Crippen MR) is 112 cm³/mol. The Kier molecular flexibility index (Phi) is 4.92. The Morgan fingerprint density at radius 3 is 2.62 bits per heavy atom. The topological polar surface area (TPSA) is 69.7 Å². The molecule has 2 aromatic rings. The number of nitrogens with zero attached hydrogens (tertiary/aromatic N) is 2. The quantitative estimate of drug-likeness (QED) is 0.874. The minimum Gasteiger partial charge on any atom is -0.326 e. The highest BCUT2D eigenvalue weighted by molar-refractivity contribution is 5.96. The van der Waals surface area contributed by atoms with Crippen LogP contribution in [0.1, 0.15) is 43.0 Å². The van der Waals surface area contributed by atoms with Crippen molar-refractivity contribution in [2.75, 3.05) is 16.8 Å². The number of benzene rings is 2. The van der Waals surface area contributed by atoms with Crippen LogP contribution in [0, 0.1) is 0 Å². The number of fused-ring (bicyclic) bond motifs is 2. The maximum absolute atomic E-state index is 12.8. The summed E-state index contributed by atoms with van der Waals surface area (Å²) in [5.74, 6) is -0.239. The molecule has 0 aromatic heterocycles. The molecule has 0 fully saturated rings. The maximum Gasteiger partial charge on any atom is 0.226 e. The zero-order valence-electron chi connectivity index (χ0n) is 16.5. The summed E-state index contributed by atoms with van der Waals surface area (Å²) in [5, 5.41) is 2.95. The van der Waals surface area contributed by atoms with Crippen molar-refractivity contribution < 1.29 is 14.4 Å². The van der Waals surface area contributed by atoms with Crippen molar-refractivity contribution in [1.82, 2.24) is 4.90 Å². The minimum absolute atomic E-state index is 0.0221. The first-order valence-electron chi connectivity index (χ1n) is 9.71. The molecule has 2 heterocycles. The summed E-state index contributed by atoms with van der Waals surface area (Å²) in [5.41, 5.74) is 4.64. The Hall–Kier alpha value is -3.41. The highest BCUT2D eigenvalue weighted by atomic mass is 16.2. The number of hydrogen-bond acceptors (Lipinski definition) is 3. The van der Waals surface area contributed by atoms with Gasteiger partial charge in [-0.05, 0) is 47.4 Å². The first kappa shape index (κ1) is 18.9. The fraction of sp³-hybridized carbons (Fsp3) is 0.261. The van der Waals surface area contributed by atoms with Crippen LogP contribution in [-0.4, -0.2) is 29.2 Å². The molecule has 0 saturated carbocycles. The van der Waals surface area contributed by atoms with Crippen molar-refractivity contribution in [3.63, 3.8) is 0 Å². The summed E-state index contributed by atoms with van der Waals surface area (Å²) < 4.78 is 0. The molecule has 0 spiro atoms. The first-order chi connectivity index (χ1) is 13.9. The molecule has 0 saturated heterocycles. The normalized spacial score (nSPS) is 17.0. The Bertz CT molecular complexity index is 1030. The number of anilines is 2. The predicted octanol–water partition coefficient (Wildman–Crippen LogP) is 3.50. The lowest BCUT2D eigenvalue weighted by atomic mass is 9.93. The average molecular weight is 389 g/mol. The second-order valence-corrected chi connectivity index (χ2v) is 7.40. The number of carbonyl (C=O) groups excluding carboxylic acids is 3. The van der Waals surface area contributed by atoms with E-state index >= 15 is 0 Å². The highest BCUT2D eigenvalue weighted by Gasteiger charge is 2.28. The highest BCUT2D eigenvalue weighted by Crippen LogP contribution is 2.34. The van der Waals surface area contributed by atoms with E-state index < -0.39 is 0 Å². The molecule has 0 bridgehead atoms. The number of hydrogen-bond donors (Lipinski definition) is 1. The molecule has 2 aromatic carbocycles. The lowest BCUT2D eigenvalue weighted by Gasteiger charge is -2.32. The van der Waals surface area contributed by atoms with Gasteiger partial charge in [-0.15, -0.1) is 0 Å². The van der Waals surface area contributed by atoms with Crippen molar-refractivity contribution in [2.24, 2.45) is 0 Å². The van der Waals surface area contributed by atoms with Crippen LogP contribution in [0.5, 0.6) is 0 Å². The monoisotopic (exact) mass is 389 g/mol. The average Bonchev–Trinajstić information content (AvgIpc) is 3.11. The summed E-state index contributed by atoms with van der Waals surface area (Å²) in [7, 11) is 0. The van der Waals surface area contributed by atoms with Gasteiger partial charge in [-0.25, -0.2) is 0 Å². The molecule has 29 heavy (non-hydrogen) atoms. The zero-order valence-corrected chi connectivity index (χ0v) is 16.5. The third-order valence-corrected chi connectivity index (χ3v) is 5.49. The third-order valence-electron chi connectivity index (χ3n) is 5.49. The van der Waals surface area contributed by atoms with Crippen molar-refractivity contribution in [2.45, 2.75) is 32.7 Å². The fourth-order valence-corrected chi connectivity index (χ4v) is 4.11. The number of nitrogens with one attached hydrogen (secondary N) is 1. The summed E-state index contributed by atoms with van der Waals surface area (Å²) in [6, 6.07) is 13.1. The van der Waals surface area contributed by atoms with Gasteiger partial charge >= 0.3 is 0 Å². The summed E-state index contributed by atoms with van der Waals surface area (Å²) in [6.07, 6.45) is 4.58. The van der Waals surface area contributed by atoms with Gasteiger partial charge in [-0.3, -0.25) is 14.4 Å². The molecule has 6 nitrogen and oxygen atoms in total. The molecular formula is C23H23N3O3. The molecule has 1 atom stereocenters. The van der Waals surface area contributed by atoms with E-state index in [9.17, 15) is 14.4 Å². The molecule has 1 N–H and O–H groups in total. The molecule has 2 aliphatic rings. The van der Waals surface area contributed by atoms with Gasteiger partial charge in [0.05, 0.1) is 12.5 Å². The summed E-state index contributed by atoms with van der Waals surface area (Å²) in [4.78, 5) is 39.9. The van der Waals surface area contributed by atoms with Gasteiger partial charge in [0.25, 0.3) is 0 Å². The van der Waals surface area contributed by atoms with Gasteiger partial charge < -0.3 is 15.1 Å². The van der Waals surface area contributed by atoms with E-state index in [-0.39, 0.29) is 30.2 Å². The van der Waals surface area contributed by atoms with Crippen LogP contribution in [0.3, 0.4) is 0 Å². The van der Waals surface area contributed by atoms with E-state index in [4.69, 9.17) is 0 Å². The standard InChI is InChI=1S/C23H23N3O3/c1-15(27)25-12-10-18-13-19(7-8-21(18)25)24-23(29)14-22-20-6-4-3-5-17(20)9-11-26(22)16(2)28/h3-9,11,13,22H,10,12,14H2,1-2H3,(H,24,29). The molecule has 148 valence electrons. The van der Waals surface area contributed by atoms with Crippen molar-refractivity contribution in [3.05, 3.63) is 65.4 Å². The second kappa shape index (κ2) is 7.54. The minimum atomic E-state index is -0.337. The van der Waals surface area contributed by atoms with Crippen LogP contribution >= 0.6 is 0 Å². The van der Waals surface area contributed by atoms with E-state index in [2.05, 4.69) is 5.32 Å². The smallest absolute Gasteiger partial charge is 0.226 e. The van der Waals surface area contributed by atoms with Gasteiger partial charge in [0.15, 0.2) is 0 Å². The van der Waals surface area contributed by atoms with Crippen molar-refractivity contribution >= 4 is 35.2 Å². The lowest BCUT2D eigenvalue weighted by molar-refractivity contribution is -0.129. The Morgan fingerprint density at radius 2 is 1.86 bits per heavy atom. The molecule has 0 radical (unpaired) electrons. The second-order valence-electron chi connectivity index (χ2n) is 7.40. The molecule has 6 heteroatoms. The van der Waals surface area contributed by atoms with E-state index in [0.29, 0.717) is 12.2 Å². The van der Waals surface area contributed by atoms with Gasteiger partial charge in [0.1, 0.15) is 0 Å². The van der Waals surface area contributed by atoms with Gasteiger partial charge in [0.2, 0.25) is 17.7 Å². The van der Waals surface area contributed by atoms with Gasteiger partial charge in [-0.1, -0.05) is 24.3 Å². The van der Waals surface area contributed by atoms with E-state index in [0.717, 1.165) is 28.8 Å². The van der Waals surface area contributed by atoms with Gasteiger partial charge in [0, 0.05) is 38.0 Å². The maximum atomic E-state index is 12.8. The zero-order chi connectivity index (χ0) is 20.5. The summed E-state index contributed by atoms with van der Waals surface area (Å²) >= 11 is 0. The molecule has 0 aliphatic carbocycles. The Morgan fingerprint density at radius 1 is 1.07 bits per heavy atom. The lowest BCUT2D eigenvalue weighted by Crippen LogP contribution is -2.33. The molecule has 2 aliphatic heterocycles. The van der Waals surface area contributed by atoms with Gasteiger partial charge in [-0.2, -0.15) is 0 Å². The SMILES string of the molecule is CC(=O)N1CCc2cc(NC(=O)CC3c4ccccc4C=CN3C(C)=O)ccc21. The Labute approximate surface area is 169 Å². The molecule has 3 amide bonds. The molecule has 4 rings (SSSR count). The van der Waals surface area contributed by atoms with E-state index in [1.54, 1.807) is 22.9 Å². The third kappa shape index (κ3) is 3.66. The van der Waals surface area contributed by atoms with Crippen LogP contribution < -0.4 is 10.2 Å². The van der Waals surface area contributed by atoms with Crippen LogP contribution in [0.4, 0.5) is 11.4 Å². The Balaban J connectivity index is 1.52. The van der Waals surface area contributed by atoms with Crippen LogP contribution in [-0.2, 0) is 20.8 Å². The number of amides is 3. The first-order valence-corrected chi connectivity index (χ1v) is 9.71. The fourth-order valence-electron chi connectivity index (χ4n) is 4.11. The van der Waals surface area contributed by atoms with Crippen LogP contribution in [0.2, 0.25) is 0 Å². The van der Waals surface area contributed by atoms with E-state index in [1.165, 1.54) is 6.92 Å². The molecular weight excluding hydrogens is 366 g/mol. The van der Waals surface area contributed by atoms with Crippen LogP contribution in [0.25, 0.3) is 6.08 Å².